The van der Waals surface area contributed by atoms with Gasteiger partial charge in [0.25, 0.3) is 0 Å². The van der Waals surface area contributed by atoms with Crippen LogP contribution in [-0.4, -0.2) is 69.2 Å². The minimum atomic E-state index is -0.0547. The van der Waals surface area contributed by atoms with E-state index in [0.29, 0.717) is 35.8 Å². The third-order valence-corrected chi connectivity index (χ3v) is 5.92. The number of ether oxygens (including phenoxy) is 3. The van der Waals surface area contributed by atoms with Gasteiger partial charge in [0.1, 0.15) is 19.0 Å². The minimum Gasteiger partial charge on any atom is -0.497 e. The van der Waals surface area contributed by atoms with Gasteiger partial charge in [-0.1, -0.05) is 0 Å². The van der Waals surface area contributed by atoms with Crippen LogP contribution in [0.25, 0.3) is 10.9 Å². The number of methoxy groups -OCH3 is 1. The van der Waals surface area contributed by atoms with Crippen LogP contribution in [0.2, 0.25) is 0 Å². The van der Waals surface area contributed by atoms with Crippen molar-refractivity contribution in [1.82, 2.24) is 9.88 Å². The van der Waals surface area contributed by atoms with Gasteiger partial charge in [-0.2, -0.15) is 0 Å². The molecule has 1 saturated heterocycles. The molecule has 168 valence electrons. The highest BCUT2D eigenvalue weighted by atomic mass is 35.5. The predicted molar refractivity (Wildman–Crippen MR) is 126 cm³/mol. The number of anilines is 1. The number of hydrogen-bond donors (Lipinski definition) is 0. The fourth-order valence-electron chi connectivity index (χ4n) is 4.15. The first-order valence-corrected chi connectivity index (χ1v) is 10.5. The Bertz CT molecular complexity index is 1130. The molecule has 0 radical (unpaired) electrons. The highest BCUT2D eigenvalue weighted by Gasteiger charge is 2.26. The molecular formula is C24H26ClN3O4. The summed E-state index contributed by atoms with van der Waals surface area (Å²) in [5.74, 6) is 2.06. The third-order valence-electron chi connectivity index (χ3n) is 5.92. The molecule has 0 saturated carbocycles. The van der Waals surface area contributed by atoms with Crippen LogP contribution in [0.4, 0.5) is 5.69 Å². The number of hydrogen-bond acceptors (Lipinski definition) is 7. The molecule has 0 amide bonds. The third kappa shape index (κ3) is 4.06. The second-order valence-electron chi connectivity index (χ2n) is 7.88. The number of carbonyl (C=O) groups excluding carboxylic acids is 1. The van der Waals surface area contributed by atoms with Gasteiger partial charge in [0.05, 0.1) is 23.9 Å². The summed E-state index contributed by atoms with van der Waals surface area (Å²) in [5, 5.41) is 0.910. The molecule has 0 unspecified atom stereocenters. The van der Waals surface area contributed by atoms with Crippen LogP contribution in [0.15, 0.2) is 42.6 Å². The molecule has 2 aliphatic heterocycles. The number of ketones is 1. The Labute approximate surface area is 193 Å². The quantitative estimate of drug-likeness (QED) is 0.558. The van der Waals surface area contributed by atoms with E-state index >= 15 is 0 Å². The topological polar surface area (TPSA) is 64.1 Å². The number of fused-ring (bicyclic) bond motifs is 2. The fourth-order valence-corrected chi connectivity index (χ4v) is 4.15. The van der Waals surface area contributed by atoms with Crippen LogP contribution in [0.5, 0.6) is 17.2 Å². The van der Waals surface area contributed by atoms with E-state index in [1.807, 2.05) is 12.1 Å². The number of likely N-dealkylation sites (N-methyl/N-ethyl adjacent to an activating group) is 1. The minimum absolute atomic E-state index is 0. The summed E-state index contributed by atoms with van der Waals surface area (Å²) in [6.07, 6.45) is 1.69. The Morgan fingerprint density at radius 1 is 1.00 bits per heavy atom. The van der Waals surface area contributed by atoms with Crippen molar-refractivity contribution in [2.45, 2.75) is 0 Å². The number of rotatable bonds is 4. The SMILES string of the molecule is COc1ccc(C(=O)c2cnc3cc4c(cc3c2N2CCN(C)CC2)OCCO4)cc1.Cl. The highest BCUT2D eigenvalue weighted by Crippen LogP contribution is 2.39. The lowest BCUT2D eigenvalue weighted by Gasteiger charge is -2.35. The van der Waals surface area contributed by atoms with Gasteiger partial charge in [0.15, 0.2) is 17.3 Å². The molecule has 0 N–H and O–H groups in total. The molecule has 32 heavy (non-hydrogen) atoms. The van der Waals surface area contributed by atoms with Gasteiger partial charge in [0.2, 0.25) is 0 Å². The molecule has 0 aliphatic carbocycles. The zero-order valence-electron chi connectivity index (χ0n) is 18.2. The first-order valence-electron chi connectivity index (χ1n) is 10.5. The van der Waals surface area contributed by atoms with Crippen LogP contribution in [0.1, 0.15) is 15.9 Å². The van der Waals surface area contributed by atoms with Crippen molar-refractivity contribution < 1.29 is 19.0 Å². The van der Waals surface area contributed by atoms with Gasteiger partial charge < -0.3 is 24.0 Å². The number of carbonyl (C=O) groups is 1. The van der Waals surface area contributed by atoms with Crippen LogP contribution in [0, 0.1) is 0 Å². The van der Waals surface area contributed by atoms with Crippen molar-refractivity contribution >= 4 is 34.8 Å². The normalized spacial score (nSPS) is 15.9. The summed E-state index contributed by atoms with van der Waals surface area (Å²) < 4.78 is 16.8. The highest BCUT2D eigenvalue weighted by molar-refractivity contribution is 6.16. The van der Waals surface area contributed by atoms with Gasteiger partial charge in [-0.3, -0.25) is 9.78 Å². The van der Waals surface area contributed by atoms with Gasteiger partial charge in [-0.25, -0.2) is 0 Å². The van der Waals surface area contributed by atoms with Gasteiger partial charge in [-0.15, -0.1) is 12.4 Å². The molecule has 8 heteroatoms. The van der Waals surface area contributed by atoms with Crippen molar-refractivity contribution in [2.75, 3.05) is 58.5 Å². The molecule has 7 nitrogen and oxygen atoms in total. The van der Waals surface area contributed by atoms with Crippen molar-refractivity contribution in [1.29, 1.82) is 0 Å². The number of nitrogens with zero attached hydrogens (tertiary/aromatic N) is 3. The lowest BCUT2D eigenvalue weighted by molar-refractivity contribution is 0.103. The van der Waals surface area contributed by atoms with Crippen LogP contribution >= 0.6 is 12.4 Å². The summed E-state index contributed by atoms with van der Waals surface area (Å²) in [5.41, 5.74) is 2.91. The number of piperazine rings is 1. The van der Waals surface area contributed by atoms with E-state index in [9.17, 15) is 4.79 Å². The van der Waals surface area contributed by atoms with Crippen molar-refractivity contribution in [3.8, 4) is 17.2 Å². The largest absolute Gasteiger partial charge is 0.497 e. The summed E-state index contributed by atoms with van der Waals surface area (Å²) in [7, 11) is 3.73. The number of aromatic nitrogens is 1. The van der Waals surface area contributed by atoms with E-state index in [1.165, 1.54) is 0 Å². The molecule has 5 rings (SSSR count). The Morgan fingerprint density at radius 2 is 1.66 bits per heavy atom. The second-order valence-corrected chi connectivity index (χ2v) is 7.88. The zero-order valence-corrected chi connectivity index (χ0v) is 19.0. The summed E-state index contributed by atoms with van der Waals surface area (Å²) >= 11 is 0. The van der Waals surface area contributed by atoms with Crippen LogP contribution in [-0.2, 0) is 0 Å². The molecule has 0 bridgehead atoms. The smallest absolute Gasteiger partial charge is 0.196 e. The summed E-state index contributed by atoms with van der Waals surface area (Å²) in [4.78, 5) is 22.7. The summed E-state index contributed by atoms with van der Waals surface area (Å²) in [6.45, 7) is 4.59. The lowest BCUT2D eigenvalue weighted by atomic mass is 9.99. The molecule has 2 aliphatic rings. The number of halogens is 1. The molecule has 0 atom stereocenters. The standard InChI is InChI=1S/C24H25N3O4.ClH/c1-26-7-9-27(10-8-26)23-18-13-21-22(31-12-11-30-21)14-20(18)25-15-19(23)24(28)16-3-5-17(29-2)6-4-16;/h3-6,13-15H,7-12H2,1-2H3;1H. The van der Waals surface area contributed by atoms with Crippen LogP contribution in [0.3, 0.4) is 0 Å². The van der Waals surface area contributed by atoms with E-state index < -0.39 is 0 Å². The maximum Gasteiger partial charge on any atom is 0.196 e. The second kappa shape index (κ2) is 9.22. The van der Waals surface area contributed by atoms with E-state index in [4.69, 9.17) is 14.2 Å². The maximum atomic E-state index is 13.5. The number of pyridine rings is 1. The zero-order chi connectivity index (χ0) is 21.4. The Balaban J connectivity index is 0.00000245. The molecule has 3 heterocycles. The van der Waals surface area contributed by atoms with E-state index in [-0.39, 0.29) is 18.2 Å². The first-order chi connectivity index (χ1) is 15.1. The van der Waals surface area contributed by atoms with Gasteiger partial charge >= 0.3 is 0 Å². The molecule has 1 fully saturated rings. The average molecular weight is 456 g/mol. The Kier molecular flexibility index (Phi) is 6.39. The summed E-state index contributed by atoms with van der Waals surface area (Å²) in [6, 6.07) is 11.1. The van der Waals surface area contributed by atoms with Crippen molar-refractivity contribution in [3.63, 3.8) is 0 Å². The first kappa shape index (κ1) is 22.2. The van der Waals surface area contributed by atoms with E-state index in [0.717, 1.165) is 48.5 Å². The molecular weight excluding hydrogens is 430 g/mol. The lowest BCUT2D eigenvalue weighted by Crippen LogP contribution is -2.45. The Morgan fingerprint density at radius 3 is 2.31 bits per heavy atom. The average Bonchev–Trinajstić information content (AvgIpc) is 2.82. The molecule has 3 aromatic rings. The molecule has 2 aromatic carbocycles. The monoisotopic (exact) mass is 455 g/mol. The van der Waals surface area contributed by atoms with Crippen molar-refractivity contribution in [3.05, 3.63) is 53.7 Å². The molecule has 0 spiro atoms. The van der Waals surface area contributed by atoms with Crippen molar-refractivity contribution in [2.24, 2.45) is 0 Å². The van der Waals surface area contributed by atoms with Crippen LogP contribution < -0.4 is 19.1 Å². The maximum absolute atomic E-state index is 13.5. The van der Waals surface area contributed by atoms with E-state index in [2.05, 4.69) is 21.8 Å². The molecule has 1 aromatic heterocycles. The Hall–Kier alpha value is -3.03. The van der Waals surface area contributed by atoms with Gasteiger partial charge in [0, 0.05) is 49.4 Å². The number of benzene rings is 2. The fraction of sp³-hybridized carbons (Fsp3) is 0.333. The predicted octanol–water partition coefficient (Wildman–Crippen LogP) is 3.42. The van der Waals surface area contributed by atoms with Gasteiger partial charge in [-0.05, 0) is 37.4 Å². The van der Waals surface area contributed by atoms with E-state index in [1.54, 1.807) is 37.6 Å².